The number of fused-ring (bicyclic) bond motifs is 1. The Morgan fingerprint density at radius 1 is 1.10 bits per heavy atom. The van der Waals surface area contributed by atoms with E-state index < -0.39 is 11.7 Å². The topological polar surface area (TPSA) is 74.8 Å². The number of ether oxygens (including phenoxy) is 1. The highest BCUT2D eigenvalue weighted by Crippen LogP contribution is 2.30. The van der Waals surface area contributed by atoms with Crippen LogP contribution >= 0.6 is 0 Å². The Labute approximate surface area is 164 Å². The monoisotopic (exact) mass is 406 g/mol. The lowest BCUT2D eigenvalue weighted by atomic mass is 10.1. The second kappa shape index (κ2) is 7.26. The summed E-state index contributed by atoms with van der Waals surface area (Å²) in [6.07, 6.45) is -3.60. The van der Waals surface area contributed by atoms with Gasteiger partial charge < -0.3 is 19.9 Å². The zero-order valence-electron chi connectivity index (χ0n) is 15.2. The smallest absolute Gasteiger partial charge is 0.417 e. The van der Waals surface area contributed by atoms with Crippen LogP contribution in [0.5, 0.6) is 5.75 Å². The molecule has 2 aromatic rings. The molecular formula is C19H17F3N4O3. The van der Waals surface area contributed by atoms with E-state index in [0.29, 0.717) is 49.0 Å². The minimum atomic E-state index is -4.42. The van der Waals surface area contributed by atoms with E-state index in [2.05, 4.69) is 10.3 Å². The summed E-state index contributed by atoms with van der Waals surface area (Å²) in [5, 5.41) is 2.67. The normalized spacial score (nSPS) is 16.7. The van der Waals surface area contributed by atoms with Crippen molar-refractivity contribution in [3.05, 3.63) is 47.7 Å². The summed E-state index contributed by atoms with van der Waals surface area (Å²) < 4.78 is 43.3. The van der Waals surface area contributed by atoms with E-state index >= 15 is 0 Å². The van der Waals surface area contributed by atoms with Crippen molar-refractivity contribution < 1.29 is 27.5 Å². The van der Waals surface area contributed by atoms with Crippen LogP contribution in [0.4, 0.5) is 24.7 Å². The van der Waals surface area contributed by atoms with Crippen molar-refractivity contribution in [2.75, 3.05) is 43.0 Å². The first-order valence-corrected chi connectivity index (χ1v) is 8.95. The lowest BCUT2D eigenvalue weighted by molar-refractivity contribution is -0.137. The molecule has 152 valence electrons. The standard InChI is InChI=1S/C19H17F3N4O3/c20-19(21,22)13-2-4-16(23-10-13)25-5-7-26(8-6-25)18(28)12-1-3-15-14(9-12)24-17(27)11-29-15/h1-4,9-10H,5-8,11H2,(H,24,27). The number of anilines is 2. The van der Waals surface area contributed by atoms with E-state index in [9.17, 15) is 22.8 Å². The van der Waals surface area contributed by atoms with Gasteiger partial charge in [0.1, 0.15) is 11.6 Å². The third kappa shape index (κ3) is 3.96. The molecule has 0 atom stereocenters. The number of piperazine rings is 1. The second-order valence-corrected chi connectivity index (χ2v) is 6.73. The molecule has 0 aliphatic carbocycles. The van der Waals surface area contributed by atoms with E-state index in [-0.39, 0.29) is 18.4 Å². The Balaban J connectivity index is 1.40. The lowest BCUT2D eigenvalue weighted by Gasteiger charge is -2.35. The molecule has 1 fully saturated rings. The fraction of sp³-hybridized carbons (Fsp3) is 0.316. The van der Waals surface area contributed by atoms with Gasteiger partial charge in [-0.05, 0) is 30.3 Å². The first kappa shape index (κ1) is 19.0. The third-order valence-corrected chi connectivity index (χ3v) is 4.83. The number of hydrogen-bond donors (Lipinski definition) is 1. The van der Waals surface area contributed by atoms with Crippen molar-refractivity contribution in [2.24, 2.45) is 0 Å². The van der Waals surface area contributed by atoms with E-state index in [1.54, 1.807) is 23.1 Å². The molecule has 2 amide bonds. The number of nitrogens with one attached hydrogen (secondary N) is 1. The molecule has 0 spiro atoms. The van der Waals surface area contributed by atoms with Crippen LogP contribution in [-0.2, 0) is 11.0 Å². The average Bonchev–Trinajstić information content (AvgIpc) is 2.72. The van der Waals surface area contributed by atoms with Gasteiger partial charge in [0.05, 0.1) is 11.3 Å². The van der Waals surface area contributed by atoms with Crippen LogP contribution in [-0.4, -0.2) is 54.5 Å². The lowest BCUT2D eigenvalue weighted by Crippen LogP contribution is -2.49. The number of carbonyl (C=O) groups excluding carboxylic acids is 2. The number of carbonyl (C=O) groups is 2. The van der Waals surface area contributed by atoms with Gasteiger partial charge in [-0.25, -0.2) is 4.98 Å². The predicted molar refractivity (Wildman–Crippen MR) is 97.9 cm³/mol. The minimum Gasteiger partial charge on any atom is -0.482 e. The number of pyridine rings is 1. The van der Waals surface area contributed by atoms with Crippen molar-refractivity contribution in [3.63, 3.8) is 0 Å². The number of amides is 2. The zero-order chi connectivity index (χ0) is 20.6. The molecular weight excluding hydrogens is 389 g/mol. The van der Waals surface area contributed by atoms with Crippen LogP contribution in [0, 0.1) is 0 Å². The van der Waals surface area contributed by atoms with Crippen LogP contribution in [0.3, 0.4) is 0 Å². The molecule has 10 heteroatoms. The summed E-state index contributed by atoms with van der Waals surface area (Å²) in [6.45, 7) is 1.66. The van der Waals surface area contributed by atoms with Crippen LogP contribution < -0.4 is 15.0 Å². The van der Waals surface area contributed by atoms with Crippen molar-refractivity contribution in [3.8, 4) is 5.75 Å². The third-order valence-electron chi connectivity index (χ3n) is 4.83. The highest BCUT2D eigenvalue weighted by Gasteiger charge is 2.31. The number of aromatic nitrogens is 1. The predicted octanol–water partition coefficient (Wildman–Crippen LogP) is 2.39. The van der Waals surface area contributed by atoms with Gasteiger partial charge in [0, 0.05) is 37.9 Å². The molecule has 0 bridgehead atoms. The molecule has 29 heavy (non-hydrogen) atoms. The molecule has 0 unspecified atom stereocenters. The Morgan fingerprint density at radius 3 is 2.52 bits per heavy atom. The summed E-state index contributed by atoms with van der Waals surface area (Å²) in [4.78, 5) is 31.6. The molecule has 0 saturated carbocycles. The van der Waals surface area contributed by atoms with Crippen LogP contribution in [0.25, 0.3) is 0 Å². The van der Waals surface area contributed by atoms with Crippen LogP contribution in [0.2, 0.25) is 0 Å². The molecule has 1 saturated heterocycles. The van der Waals surface area contributed by atoms with Crippen molar-refractivity contribution in [2.45, 2.75) is 6.18 Å². The van der Waals surface area contributed by atoms with Gasteiger partial charge in [0.15, 0.2) is 6.61 Å². The largest absolute Gasteiger partial charge is 0.482 e. The zero-order valence-corrected chi connectivity index (χ0v) is 15.2. The Hall–Kier alpha value is -3.30. The van der Waals surface area contributed by atoms with Gasteiger partial charge in [-0.3, -0.25) is 9.59 Å². The maximum atomic E-state index is 12.8. The summed E-state index contributed by atoms with van der Waals surface area (Å²) in [5.74, 6) is 0.491. The molecule has 4 rings (SSSR count). The molecule has 1 aromatic carbocycles. The Bertz CT molecular complexity index is 939. The molecule has 1 N–H and O–H groups in total. The fourth-order valence-corrected chi connectivity index (χ4v) is 3.28. The molecule has 1 aromatic heterocycles. The summed E-state index contributed by atoms with van der Waals surface area (Å²) in [7, 11) is 0. The van der Waals surface area contributed by atoms with Gasteiger partial charge in [0.25, 0.3) is 11.8 Å². The fourth-order valence-electron chi connectivity index (χ4n) is 3.28. The Morgan fingerprint density at radius 2 is 1.86 bits per heavy atom. The number of alkyl halides is 3. The quantitative estimate of drug-likeness (QED) is 0.829. The maximum Gasteiger partial charge on any atom is 0.417 e. The molecule has 7 nitrogen and oxygen atoms in total. The molecule has 0 radical (unpaired) electrons. The van der Waals surface area contributed by atoms with Crippen molar-refractivity contribution in [1.82, 2.24) is 9.88 Å². The summed E-state index contributed by atoms with van der Waals surface area (Å²) in [5.41, 5.74) is 0.0916. The number of halogens is 3. The number of hydrogen-bond acceptors (Lipinski definition) is 5. The van der Waals surface area contributed by atoms with E-state index in [0.717, 1.165) is 12.3 Å². The minimum absolute atomic E-state index is 0.0553. The number of rotatable bonds is 2. The van der Waals surface area contributed by atoms with E-state index in [4.69, 9.17) is 4.74 Å². The second-order valence-electron chi connectivity index (χ2n) is 6.73. The maximum absolute atomic E-state index is 12.8. The molecule has 2 aliphatic rings. The van der Waals surface area contributed by atoms with Gasteiger partial charge in [-0.1, -0.05) is 0 Å². The van der Waals surface area contributed by atoms with Gasteiger partial charge >= 0.3 is 6.18 Å². The van der Waals surface area contributed by atoms with Crippen molar-refractivity contribution >= 4 is 23.3 Å². The van der Waals surface area contributed by atoms with Crippen molar-refractivity contribution in [1.29, 1.82) is 0 Å². The highest BCUT2D eigenvalue weighted by molar-refractivity contribution is 6.00. The van der Waals surface area contributed by atoms with Gasteiger partial charge in [-0.2, -0.15) is 13.2 Å². The Kier molecular flexibility index (Phi) is 4.77. The highest BCUT2D eigenvalue weighted by atomic mass is 19.4. The van der Waals surface area contributed by atoms with E-state index in [1.807, 2.05) is 4.90 Å². The SMILES string of the molecule is O=C1COc2ccc(C(=O)N3CCN(c4ccc(C(F)(F)F)cn4)CC3)cc2N1. The van der Waals surface area contributed by atoms with Crippen LogP contribution in [0.1, 0.15) is 15.9 Å². The molecule has 2 aliphatic heterocycles. The first-order chi connectivity index (χ1) is 13.8. The summed E-state index contributed by atoms with van der Waals surface area (Å²) >= 11 is 0. The number of nitrogens with zero attached hydrogens (tertiary/aromatic N) is 3. The first-order valence-electron chi connectivity index (χ1n) is 8.95. The van der Waals surface area contributed by atoms with Gasteiger partial charge in [-0.15, -0.1) is 0 Å². The van der Waals surface area contributed by atoms with E-state index in [1.165, 1.54) is 6.07 Å². The number of benzene rings is 1. The molecule has 3 heterocycles. The van der Waals surface area contributed by atoms with Gasteiger partial charge in [0.2, 0.25) is 0 Å². The average molecular weight is 406 g/mol. The summed E-state index contributed by atoms with van der Waals surface area (Å²) in [6, 6.07) is 7.21. The van der Waals surface area contributed by atoms with Crippen LogP contribution in [0.15, 0.2) is 36.5 Å².